The normalized spacial score (nSPS) is 34.0. The lowest BCUT2D eigenvalue weighted by molar-refractivity contribution is -0.159. The summed E-state index contributed by atoms with van der Waals surface area (Å²) in [5.74, 6) is 0.216. The van der Waals surface area contributed by atoms with E-state index in [0.29, 0.717) is 11.8 Å². The maximum absolute atomic E-state index is 13.6. The summed E-state index contributed by atoms with van der Waals surface area (Å²) in [7, 11) is 1.68. The molecule has 2 amide bonds. The van der Waals surface area contributed by atoms with E-state index in [1.165, 1.54) is 50.7 Å². The quantitative estimate of drug-likeness (QED) is 0.451. The highest BCUT2D eigenvalue weighted by Crippen LogP contribution is 2.60. The molecule has 6 rings (SSSR count). The average molecular weight is 522 g/mol. The third kappa shape index (κ3) is 5.22. The van der Waals surface area contributed by atoms with E-state index in [9.17, 15) is 14.0 Å². The van der Waals surface area contributed by atoms with Crippen LogP contribution in [0.3, 0.4) is 0 Å². The van der Waals surface area contributed by atoms with Crippen molar-refractivity contribution in [1.82, 2.24) is 16.0 Å². The predicted octanol–water partition coefficient (Wildman–Crippen LogP) is 3.93. The summed E-state index contributed by atoms with van der Waals surface area (Å²) in [4.78, 5) is 26.0. The summed E-state index contributed by atoms with van der Waals surface area (Å²) in [6.07, 6.45) is 10.4. The Morgan fingerprint density at radius 2 is 1.78 bits per heavy atom. The topological polar surface area (TPSA) is 88.7 Å². The molecule has 3 N–H and O–H groups in total. The molecule has 1 aromatic carbocycles. The maximum Gasteiger partial charge on any atom is 0.258 e. The smallest absolute Gasteiger partial charge is 0.258 e. The largest absolute Gasteiger partial charge is 0.484 e. The molecular weight excluding hydrogens is 485 g/mol. The molecule has 1 heterocycles. The van der Waals surface area contributed by atoms with Crippen molar-refractivity contribution in [3.05, 3.63) is 29.0 Å². The standard InChI is InChI=1S/C27H37ClFN3O4/c1-35-25-23(19(10-11-30-25)17-6-4-2-3-5-7-17)24(34)32-27-14-26(15-27,16-27)31-22(33)13-36-18-8-9-20(28)21(29)12-18/h8-9,12,17,19,23,25,30H,2-7,10-11,13-16H2,1H3,(H,31,33)(H,32,34). The number of amides is 2. The first-order valence-corrected chi connectivity index (χ1v) is 13.7. The first kappa shape index (κ1) is 25.7. The van der Waals surface area contributed by atoms with Gasteiger partial charge in [-0.3, -0.25) is 14.9 Å². The van der Waals surface area contributed by atoms with Gasteiger partial charge in [-0.15, -0.1) is 0 Å². The van der Waals surface area contributed by atoms with E-state index in [-0.39, 0.29) is 52.4 Å². The van der Waals surface area contributed by atoms with E-state index in [0.717, 1.165) is 38.3 Å². The first-order chi connectivity index (χ1) is 17.3. The van der Waals surface area contributed by atoms with Gasteiger partial charge in [-0.1, -0.05) is 50.1 Å². The van der Waals surface area contributed by atoms with Crippen molar-refractivity contribution < 1.29 is 23.5 Å². The van der Waals surface area contributed by atoms with Crippen LogP contribution in [0.5, 0.6) is 5.75 Å². The molecule has 0 radical (unpaired) electrons. The van der Waals surface area contributed by atoms with Gasteiger partial charge < -0.3 is 20.1 Å². The van der Waals surface area contributed by atoms with E-state index in [1.54, 1.807) is 7.11 Å². The number of carbonyl (C=O) groups excluding carboxylic acids is 2. The number of piperidine rings is 1. The number of halogens is 2. The Bertz CT molecular complexity index is 964. The molecule has 7 nitrogen and oxygen atoms in total. The van der Waals surface area contributed by atoms with E-state index >= 15 is 0 Å². The van der Waals surface area contributed by atoms with Crippen LogP contribution in [0.25, 0.3) is 0 Å². The van der Waals surface area contributed by atoms with Crippen LogP contribution in [0.4, 0.5) is 4.39 Å². The zero-order chi connectivity index (χ0) is 25.3. The van der Waals surface area contributed by atoms with Crippen LogP contribution in [0.1, 0.15) is 64.2 Å². The summed E-state index contributed by atoms with van der Waals surface area (Å²) < 4.78 is 24.7. The molecule has 3 unspecified atom stereocenters. The number of hydrogen-bond acceptors (Lipinski definition) is 5. The van der Waals surface area contributed by atoms with Crippen LogP contribution in [0.15, 0.2) is 18.2 Å². The van der Waals surface area contributed by atoms with Gasteiger partial charge in [0.1, 0.15) is 17.8 Å². The van der Waals surface area contributed by atoms with Crippen molar-refractivity contribution in [2.45, 2.75) is 81.5 Å². The summed E-state index contributed by atoms with van der Waals surface area (Å²) >= 11 is 5.68. The molecule has 0 aromatic heterocycles. The molecular formula is C27H37ClFN3O4. The van der Waals surface area contributed by atoms with Gasteiger partial charge in [-0.2, -0.15) is 0 Å². The van der Waals surface area contributed by atoms with Crippen molar-refractivity contribution in [3.8, 4) is 5.75 Å². The molecule has 0 spiro atoms. The van der Waals surface area contributed by atoms with Gasteiger partial charge in [-0.05, 0) is 56.2 Å². The van der Waals surface area contributed by atoms with Gasteiger partial charge in [0.2, 0.25) is 5.91 Å². The van der Waals surface area contributed by atoms with Crippen molar-refractivity contribution >= 4 is 23.4 Å². The van der Waals surface area contributed by atoms with Gasteiger partial charge >= 0.3 is 0 Å². The van der Waals surface area contributed by atoms with Crippen LogP contribution < -0.4 is 20.7 Å². The second kappa shape index (κ2) is 10.5. The SMILES string of the molecule is COC1NCCC(C2CCCCCC2)C1C(=O)NC12CC(NC(=O)COc3ccc(Cl)c(F)c3)(C1)C2. The number of ether oxygens (including phenoxy) is 2. The zero-order valence-corrected chi connectivity index (χ0v) is 21.7. The number of rotatable bonds is 8. The van der Waals surface area contributed by atoms with E-state index in [1.807, 2.05) is 0 Å². The highest BCUT2D eigenvalue weighted by Gasteiger charge is 2.69. The van der Waals surface area contributed by atoms with Gasteiger partial charge in [0, 0.05) is 24.3 Å². The third-order valence-corrected chi connectivity index (χ3v) is 9.06. The lowest BCUT2D eigenvalue weighted by Crippen LogP contribution is -2.84. The van der Waals surface area contributed by atoms with Crippen LogP contribution in [0.2, 0.25) is 5.02 Å². The molecule has 5 fully saturated rings. The average Bonchev–Trinajstić information content (AvgIpc) is 3.11. The molecule has 1 aromatic rings. The minimum Gasteiger partial charge on any atom is -0.484 e. The molecule has 1 saturated heterocycles. The molecule has 4 saturated carbocycles. The highest BCUT2D eigenvalue weighted by molar-refractivity contribution is 6.30. The highest BCUT2D eigenvalue weighted by atomic mass is 35.5. The second-order valence-corrected chi connectivity index (χ2v) is 11.7. The molecule has 5 aliphatic rings. The van der Waals surface area contributed by atoms with E-state index in [2.05, 4.69) is 16.0 Å². The van der Waals surface area contributed by atoms with Crippen LogP contribution in [-0.2, 0) is 14.3 Å². The summed E-state index contributed by atoms with van der Waals surface area (Å²) in [5, 5.41) is 9.81. The predicted molar refractivity (Wildman–Crippen MR) is 134 cm³/mol. The van der Waals surface area contributed by atoms with E-state index < -0.39 is 5.82 Å². The van der Waals surface area contributed by atoms with Crippen LogP contribution in [-0.4, -0.2) is 49.4 Å². The Morgan fingerprint density at radius 3 is 2.44 bits per heavy atom. The summed E-state index contributed by atoms with van der Waals surface area (Å²) in [5.41, 5.74) is -0.528. The fourth-order valence-corrected chi connectivity index (χ4v) is 7.32. The number of methoxy groups -OCH3 is 1. The minimum absolute atomic E-state index is 0.00871. The molecule has 9 heteroatoms. The number of nitrogens with one attached hydrogen (secondary N) is 3. The molecule has 198 valence electrons. The summed E-state index contributed by atoms with van der Waals surface area (Å²) in [6, 6.07) is 4.09. The van der Waals surface area contributed by atoms with Gasteiger partial charge in [-0.25, -0.2) is 4.39 Å². The Kier molecular flexibility index (Phi) is 7.48. The Hall–Kier alpha value is -1.90. The van der Waals surface area contributed by atoms with Crippen LogP contribution >= 0.6 is 11.6 Å². The molecule has 1 aliphatic heterocycles. The van der Waals surface area contributed by atoms with Gasteiger partial charge in [0.05, 0.1) is 10.9 Å². The number of benzene rings is 1. The van der Waals surface area contributed by atoms with Crippen LogP contribution in [0, 0.1) is 23.6 Å². The number of carbonyl (C=O) groups is 2. The molecule has 3 atom stereocenters. The van der Waals surface area contributed by atoms with Crippen molar-refractivity contribution in [2.24, 2.45) is 17.8 Å². The van der Waals surface area contributed by atoms with Gasteiger partial charge in [0.15, 0.2) is 6.61 Å². The zero-order valence-electron chi connectivity index (χ0n) is 20.9. The van der Waals surface area contributed by atoms with E-state index in [4.69, 9.17) is 21.1 Å². The van der Waals surface area contributed by atoms with Crippen molar-refractivity contribution in [2.75, 3.05) is 20.3 Å². The number of hydrogen-bond donors (Lipinski definition) is 3. The fraction of sp³-hybridized carbons (Fsp3) is 0.704. The molecule has 36 heavy (non-hydrogen) atoms. The Balaban J connectivity index is 1.13. The third-order valence-electron chi connectivity index (χ3n) is 8.76. The van der Waals surface area contributed by atoms with Crippen molar-refractivity contribution in [3.63, 3.8) is 0 Å². The first-order valence-electron chi connectivity index (χ1n) is 13.3. The fourth-order valence-electron chi connectivity index (χ4n) is 7.20. The van der Waals surface area contributed by atoms with Gasteiger partial charge in [0.25, 0.3) is 5.91 Å². The summed E-state index contributed by atoms with van der Waals surface area (Å²) in [6.45, 7) is 0.684. The second-order valence-electron chi connectivity index (χ2n) is 11.3. The monoisotopic (exact) mass is 521 g/mol. The van der Waals surface area contributed by atoms with Crippen molar-refractivity contribution in [1.29, 1.82) is 0 Å². The molecule has 4 aliphatic carbocycles. The molecule has 2 bridgehead atoms. The Labute approximate surface area is 217 Å². The minimum atomic E-state index is -0.586. The maximum atomic E-state index is 13.6. The lowest BCUT2D eigenvalue weighted by Gasteiger charge is -2.70. The lowest BCUT2D eigenvalue weighted by atomic mass is 9.44. The Morgan fingerprint density at radius 1 is 1.08 bits per heavy atom.